The van der Waals surface area contributed by atoms with Crippen LogP contribution >= 0.6 is 0 Å². The van der Waals surface area contributed by atoms with Gasteiger partial charge >= 0.3 is 0 Å². The molecule has 0 heterocycles. The highest BCUT2D eigenvalue weighted by atomic mass is 16.3. The third kappa shape index (κ3) is 0.647. The monoisotopic (exact) mass is 169 g/mol. The summed E-state index contributed by atoms with van der Waals surface area (Å²) in [7, 11) is 0. The first-order valence-corrected chi connectivity index (χ1v) is 4.85. The molecule has 3 N–H and O–H groups in total. The van der Waals surface area contributed by atoms with Gasteiger partial charge in [-0.25, -0.2) is 0 Å². The lowest BCUT2D eigenvalue weighted by molar-refractivity contribution is 0.00582. The van der Waals surface area contributed by atoms with Gasteiger partial charge < -0.3 is 10.8 Å². The van der Waals surface area contributed by atoms with E-state index in [-0.39, 0.29) is 23.0 Å². The van der Waals surface area contributed by atoms with Crippen LogP contribution in [-0.2, 0) is 0 Å². The van der Waals surface area contributed by atoms with Crippen LogP contribution in [0.15, 0.2) is 0 Å². The average molecular weight is 169 g/mol. The first-order valence-electron chi connectivity index (χ1n) is 4.85. The van der Waals surface area contributed by atoms with Gasteiger partial charge in [-0.15, -0.1) is 0 Å². The minimum atomic E-state index is -0.286. The summed E-state index contributed by atoms with van der Waals surface area (Å²) in [6.07, 6.45) is 2.05. The fourth-order valence-electron chi connectivity index (χ4n) is 3.41. The zero-order chi connectivity index (χ0) is 9.15. The van der Waals surface area contributed by atoms with E-state index < -0.39 is 0 Å². The molecule has 0 radical (unpaired) electrons. The normalized spacial score (nSPS) is 56.2. The van der Waals surface area contributed by atoms with Crippen LogP contribution in [0.4, 0.5) is 0 Å². The van der Waals surface area contributed by atoms with Crippen LogP contribution in [0.25, 0.3) is 0 Å². The topological polar surface area (TPSA) is 46.2 Å². The zero-order valence-corrected chi connectivity index (χ0v) is 8.17. The Balaban J connectivity index is 2.44. The van der Waals surface area contributed by atoms with Gasteiger partial charge in [0, 0.05) is 11.5 Å². The summed E-state index contributed by atoms with van der Waals surface area (Å²) in [5, 5.41) is 9.96. The maximum absolute atomic E-state index is 9.96. The number of nitrogens with two attached hydrogens (primary N) is 1. The van der Waals surface area contributed by atoms with Crippen molar-refractivity contribution in [3.63, 3.8) is 0 Å². The number of rotatable bonds is 0. The van der Waals surface area contributed by atoms with Crippen molar-refractivity contribution in [1.82, 2.24) is 0 Å². The van der Waals surface area contributed by atoms with Gasteiger partial charge in [0.2, 0.25) is 0 Å². The smallest absolute Gasteiger partial charge is 0.0752 e. The predicted octanol–water partition coefficient (Wildman–Crippen LogP) is 1.13. The second-order valence-corrected chi connectivity index (χ2v) is 5.31. The van der Waals surface area contributed by atoms with Crippen LogP contribution < -0.4 is 5.73 Å². The molecule has 2 nitrogen and oxygen atoms in total. The molecule has 0 saturated heterocycles. The minimum absolute atomic E-state index is 0.0127. The summed E-state index contributed by atoms with van der Waals surface area (Å²) in [4.78, 5) is 0. The summed E-state index contributed by atoms with van der Waals surface area (Å²) in [5.41, 5.74) is 6.27. The molecule has 0 unspecified atom stereocenters. The SMILES string of the molecule is CC1(C)[C@H]2CC[C@]1(C)[C@@H](O)[C@H]2N. The zero-order valence-electron chi connectivity index (χ0n) is 8.17. The Morgan fingerprint density at radius 3 is 2.17 bits per heavy atom. The molecule has 0 amide bonds. The first-order chi connectivity index (χ1) is 5.41. The van der Waals surface area contributed by atoms with Gasteiger partial charge in [0.1, 0.15) is 0 Å². The lowest BCUT2D eigenvalue weighted by Crippen LogP contribution is -2.43. The Morgan fingerprint density at radius 2 is 1.92 bits per heavy atom. The van der Waals surface area contributed by atoms with Crippen molar-refractivity contribution in [3.05, 3.63) is 0 Å². The Labute approximate surface area is 74.1 Å². The van der Waals surface area contributed by atoms with Crippen molar-refractivity contribution in [2.75, 3.05) is 0 Å². The standard InChI is InChI=1S/C10H19NO/c1-9(2)6-4-5-10(9,3)8(12)7(6)11/h6-8,12H,4-5,11H2,1-3H3/t6-,7-,8-,10+/m0/s1. The van der Waals surface area contributed by atoms with E-state index in [0.29, 0.717) is 5.92 Å². The van der Waals surface area contributed by atoms with Gasteiger partial charge in [-0.1, -0.05) is 20.8 Å². The molecule has 2 heteroatoms. The summed E-state index contributed by atoms with van der Waals surface area (Å²) >= 11 is 0. The number of hydrogen-bond acceptors (Lipinski definition) is 2. The van der Waals surface area contributed by atoms with Gasteiger partial charge in [-0.05, 0) is 24.2 Å². The third-order valence-electron chi connectivity index (χ3n) is 4.86. The predicted molar refractivity (Wildman–Crippen MR) is 48.6 cm³/mol. The highest BCUT2D eigenvalue weighted by molar-refractivity contribution is 5.16. The number of fused-ring (bicyclic) bond motifs is 2. The maximum Gasteiger partial charge on any atom is 0.0752 e. The first kappa shape index (κ1) is 8.52. The number of aliphatic hydroxyl groups excluding tert-OH is 1. The number of hydrogen-bond donors (Lipinski definition) is 2. The van der Waals surface area contributed by atoms with Gasteiger partial charge in [0.15, 0.2) is 0 Å². The number of aliphatic hydroxyl groups is 1. The lowest BCUT2D eigenvalue weighted by atomic mass is 9.70. The Morgan fingerprint density at radius 1 is 1.33 bits per heavy atom. The van der Waals surface area contributed by atoms with Crippen LogP contribution in [-0.4, -0.2) is 17.3 Å². The molecule has 2 saturated carbocycles. The molecule has 0 aromatic carbocycles. The van der Waals surface area contributed by atoms with E-state index in [9.17, 15) is 5.11 Å². The van der Waals surface area contributed by atoms with E-state index in [1.54, 1.807) is 0 Å². The molecule has 0 aromatic heterocycles. The van der Waals surface area contributed by atoms with Crippen LogP contribution in [0.5, 0.6) is 0 Å². The van der Waals surface area contributed by atoms with Crippen molar-refractivity contribution in [2.45, 2.75) is 45.8 Å². The molecule has 70 valence electrons. The molecule has 2 aliphatic rings. The Bertz CT molecular complexity index is 214. The van der Waals surface area contributed by atoms with E-state index >= 15 is 0 Å². The summed E-state index contributed by atoms with van der Waals surface area (Å²) < 4.78 is 0. The summed E-state index contributed by atoms with van der Waals surface area (Å²) in [5.74, 6) is 0.525. The molecule has 12 heavy (non-hydrogen) atoms. The van der Waals surface area contributed by atoms with E-state index in [0.717, 1.165) is 6.42 Å². The molecule has 0 spiro atoms. The Hall–Kier alpha value is -0.0800. The molecule has 2 rings (SSSR count). The lowest BCUT2D eigenvalue weighted by Gasteiger charge is -2.36. The average Bonchev–Trinajstić information content (AvgIpc) is 2.26. The molecule has 2 fully saturated rings. The van der Waals surface area contributed by atoms with Crippen molar-refractivity contribution in [1.29, 1.82) is 0 Å². The highest BCUT2D eigenvalue weighted by Crippen LogP contribution is 2.64. The maximum atomic E-state index is 9.96. The van der Waals surface area contributed by atoms with Crippen molar-refractivity contribution < 1.29 is 5.11 Å². The second kappa shape index (κ2) is 2.05. The fraction of sp³-hybridized carbons (Fsp3) is 1.00. The molecule has 2 aliphatic carbocycles. The summed E-state index contributed by atoms with van der Waals surface area (Å²) in [6, 6.07) is 0.0127. The molecular formula is C10H19NO. The van der Waals surface area contributed by atoms with Crippen LogP contribution in [0.3, 0.4) is 0 Å². The Kier molecular flexibility index (Phi) is 1.45. The van der Waals surface area contributed by atoms with Crippen molar-refractivity contribution in [3.8, 4) is 0 Å². The van der Waals surface area contributed by atoms with Gasteiger partial charge in [0.25, 0.3) is 0 Å². The van der Waals surface area contributed by atoms with E-state index in [1.807, 2.05) is 0 Å². The van der Waals surface area contributed by atoms with E-state index in [2.05, 4.69) is 20.8 Å². The fourth-order valence-corrected chi connectivity index (χ4v) is 3.41. The van der Waals surface area contributed by atoms with E-state index in [4.69, 9.17) is 5.73 Å². The van der Waals surface area contributed by atoms with Gasteiger partial charge in [0.05, 0.1) is 6.10 Å². The molecule has 4 atom stereocenters. The molecular weight excluding hydrogens is 150 g/mol. The van der Waals surface area contributed by atoms with Crippen LogP contribution in [0.2, 0.25) is 0 Å². The largest absolute Gasteiger partial charge is 0.391 e. The third-order valence-corrected chi connectivity index (χ3v) is 4.86. The van der Waals surface area contributed by atoms with Crippen LogP contribution in [0, 0.1) is 16.7 Å². The van der Waals surface area contributed by atoms with Crippen molar-refractivity contribution in [2.24, 2.45) is 22.5 Å². The molecule has 0 aliphatic heterocycles. The molecule has 0 aromatic rings. The second-order valence-electron chi connectivity index (χ2n) is 5.31. The quantitative estimate of drug-likeness (QED) is 0.571. The van der Waals surface area contributed by atoms with Crippen molar-refractivity contribution >= 4 is 0 Å². The minimum Gasteiger partial charge on any atom is -0.391 e. The van der Waals surface area contributed by atoms with E-state index in [1.165, 1.54) is 6.42 Å². The van der Waals surface area contributed by atoms with Gasteiger partial charge in [-0.2, -0.15) is 0 Å². The summed E-state index contributed by atoms with van der Waals surface area (Å²) in [6.45, 7) is 6.69. The van der Waals surface area contributed by atoms with Crippen LogP contribution in [0.1, 0.15) is 33.6 Å². The van der Waals surface area contributed by atoms with Gasteiger partial charge in [-0.3, -0.25) is 0 Å². The molecule has 2 bridgehead atoms. The highest BCUT2D eigenvalue weighted by Gasteiger charge is 2.64.